The molecule has 0 aliphatic carbocycles. The SMILES string of the molecule is C=CCO[C@@H](c1ncc(C)cn1)[C@@H](C)S(=O)(=O)Cc1nnc(-c2cccc(C)n2)n1-c1c(C)cccc1OC.C=CCO[C@H](c1ncc(C)cn1)[C@H](C)S(=O)(=O)Cc1nnc(-c2cccc(C)n2)n1-c1c(C)cccc1OC. The number of aryl methyl sites for hydroxylation is 6. The first-order valence-corrected chi connectivity index (χ1v) is 28.2. The van der Waals surface area contributed by atoms with Crippen molar-refractivity contribution in [3.8, 4) is 45.9 Å². The molecule has 0 amide bonds. The van der Waals surface area contributed by atoms with Crippen molar-refractivity contribution in [1.82, 2.24) is 59.4 Å². The monoisotopic (exact) mass is 1100 g/mol. The first kappa shape index (κ1) is 57.8. The van der Waals surface area contributed by atoms with E-state index in [1.165, 1.54) is 0 Å². The second kappa shape index (κ2) is 25.5. The minimum atomic E-state index is -3.87. The minimum absolute atomic E-state index is 0.140. The van der Waals surface area contributed by atoms with E-state index < -0.39 is 53.9 Å². The van der Waals surface area contributed by atoms with Gasteiger partial charge in [-0.05, 0) is 114 Å². The number of benzene rings is 2. The Morgan fingerprint density at radius 1 is 0.526 bits per heavy atom. The highest BCUT2D eigenvalue weighted by molar-refractivity contribution is 7.91. The Morgan fingerprint density at radius 3 is 1.22 bits per heavy atom. The summed E-state index contributed by atoms with van der Waals surface area (Å²) in [5.74, 6) is 2.10. The van der Waals surface area contributed by atoms with Gasteiger partial charge in [0.1, 0.15) is 46.6 Å². The van der Waals surface area contributed by atoms with E-state index in [0.717, 1.165) is 33.6 Å². The van der Waals surface area contributed by atoms with Crippen LogP contribution in [-0.2, 0) is 40.7 Å². The van der Waals surface area contributed by atoms with Crippen molar-refractivity contribution in [2.75, 3.05) is 27.4 Å². The normalized spacial score (nSPS) is 13.2. The predicted molar refractivity (Wildman–Crippen MR) is 297 cm³/mol. The summed E-state index contributed by atoms with van der Waals surface area (Å²) in [7, 11) is -4.60. The van der Waals surface area contributed by atoms with E-state index in [4.69, 9.17) is 18.9 Å². The van der Waals surface area contributed by atoms with Crippen LogP contribution in [0.2, 0.25) is 0 Å². The average molecular weight is 1100 g/mol. The highest BCUT2D eigenvalue weighted by atomic mass is 32.2. The molecule has 78 heavy (non-hydrogen) atoms. The average Bonchev–Trinajstić information content (AvgIpc) is 4.18. The lowest BCUT2D eigenvalue weighted by Gasteiger charge is -2.23. The Morgan fingerprint density at radius 2 is 0.885 bits per heavy atom. The van der Waals surface area contributed by atoms with Gasteiger partial charge in [-0.15, -0.1) is 33.6 Å². The van der Waals surface area contributed by atoms with Crippen LogP contribution < -0.4 is 9.47 Å². The highest BCUT2D eigenvalue weighted by Gasteiger charge is 2.37. The van der Waals surface area contributed by atoms with E-state index in [1.807, 2.05) is 114 Å². The molecule has 0 N–H and O–H groups in total. The number of para-hydroxylation sites is 2. The Kier molecular flexibility index (Phi) is 18.9. The van der Waals surface area contributed by atoms with Gasteiger partial charge in [0.25, 0.3) is 0 Å². The third kappa shape index (κ3) is 13.2. The summed E-state index contributed by atoms with van der Waals surface area (Å²) in [4.78, 5) is 26.5. The lowest BCUT2D eigenvalue weighted by molar-refractivity contribution is 0.0668. The molecular formula is C56H64N12O8S2. The molecule has 22 heteroatoms. The third-order valence-electron chi connectivity index (χ3n) is 12.5. The maximum absolute atomic E-state index is 13.9. The van der Waals surface area contributed by atoms with Crippen molar-refractivity contribution in [1.29, 1.82) is 0 Å². The van der Waals surface area contributed by atoms with Gasteiger partial charge in [0.15, 0.2) is 54.6 Å². The number of nitrogens with zero attached hydrogens (tertiary/aromatic N) is 12. The molecule has 6 heterocycles. The van der Waals surface area contributed by atoms with Gasteiger partial charge in [-0.25, -0.2) is 46.7 Å². The molecule has 408 valence electrons. The van der Waals surface area contributed by atoms with Gasteiger partial charge in [-0.3, -0.25) is 9.13 Å². The molecule has 0 fully saturated rings. The van der Waals surface area contributed by atoms with Crippen LogP contribution in [0.15, 0.2) is 123 Å². The molecule has 0 unspecified atom stereocenters. The van der Waals surface area contributed by atoms with Crippen molar-refractivity contribution in [2.45, 2.75) is 89.6 Å². The molecule has 0 aliphatic heterocycles. The van der Waals surface area contributed by atoms with Crippen LogP contribution in [0.1, 0.15) is 83.0 Å². The van der Waals surface area contributed by atoms with E-state index in [0.29, 0.717) is 45.9 Å². The molecule has 0 saturated heterocycles. The largest absolute Gasteiger partial charge is 0.495 e. The fourth-order valence-electron chi connectivity index (χ4n) is 8.41. The number of hydrogen-bond acceptors (Lipinski definition) is 18. The molecule has 8 rings (SSSR count). The smallest absolute Gasteiger partial charge is 0.187 e. The Hall–Kier alpha value is -7.92. The second-order valence-electron chi connectivity index (χ2n) is 18.5. The summed E-state index contributed by atoms with van der Waals surface area (Å²) in [6, 6.07) is 22.3. The molecule has 0 radical (unpaired) electrons. The summed E-state index contributed by atoms with van der Waals surface area (Å²) in [5.41, 5.74) is 7.41. The molecule has 0 bridgehead atoms. The molecule has 4 atom stereocenters. The van der Waals surface area contributed by atoms with Gasteiger partial charge in [-0.2, -0.15) is 0 Å². The summed E-state index contributed by atoms with van der Waals surface area (Å²) in [5, 5.41) is 15.5. The highest BCUT2D eigenvalue weighted by Crippen LogP contribution is 2.36. The van der Waals surface area contributed by atoms with Crippen LogP contribution >= 0.6 is 0 Å². The zero-order valence-corrected chi connectivity index (χ0v) is 47.0. The summed E-state index contributed by atoms with van der Waals surface area (Å²) < 4.78 is 82.0. The number of aromatic nitrogens is 12. The van der Waals surface area contributed by atoms with Gasteiger partial charge in [0.05, 0.1) is 49.3 Å². The summed E-state index contributed by atoms with van der Waals surface area (Å²) in [6.45, 7) is 22.1. The quantitative estimate of drug-likeness (QED) is 0.0577. The van der Waals surface area contributed by atoms with Gasteiger partial charge >= 0.3 is 0 Å². The molecular weight excluding hydrogens is 1030 g/mol. The van der Waals surface area contributed by atoms with Crippen molar-refractivity contribution in [3.63, 3.8) is 0 Å². The first-order valence-electron chi connectivity index (χ1n) is 24.8. The van der Waals surface area contributed by atoms with Gasteiger partial charge < -0.3 is 18.9 Å². The number of sulfone groups is 2. The lowest BCUT2D eigenvalue weighted by Crippen LogP contribution is -2.31. The molecule has 0 aliphatic rings. The number of rotatable bonds is 22. The number of methoxy groups -OCH3 is 2. The number of ether oxygens (including phenoxy) is 4. The van der Waals surface area contributed by atoms with E-state index in [2.05, 4.69) is 63.5 Å². The topological polar surface area (TPSA) is 244 Å². The van der Waals surface area contributed by atoms with Crippen LogP contribution in [-0.4, -0.2) is 114 Å². The predicted octanol–water partition coefficient (Wildman–Crippen LogP) is 8.60. The first-order chi connectivity index (χ1) is 37.3. The fourth-order valence-corrected chi connectivity index (χ4v) is 11.2. The third-order valence-corrected chi connectivity index (χ3v) is 16.6. The van der Waals surface area contributed by atoms with Crippen LogP contribution in [0, 0.1) is 41.5 Å². The van der Waals surface area contributed by atoms with E-state index in [1.54, 1.807) is 74.1 Å². The van der Waals surface area contributed by atoms with Crippen LogP contribution in [0.3, 0.4) is 0 Å². The van der Waals surface area contributed by atoms with E-state index >= 15 is 0 Å². The van der Waals surface area contributed by atoms with Crippen molar-refractivity contribution in [2.24, 2.45) is 0 Å². The zero-order chi connectivity index (χ0) is 56.3. The van der Waals surface area contributed by atoms with E-state index in [-0.39, 0.29) is 36.5 Å². The van der Waals surface area contributed by atoms with Crippen molar-refractivity contribution < 1.29 is 35.8 Å². The van der Waals surface area contributed by atoms with Gasteiger partial charge in [-0.1, -0.05) is 48.6 Å². The Labute approximate surface area is 455 Å². The van der Waals surface area contributed by atoms with Crippen molar-refractivity contribution >= 4 is 19.7 Å². The summed E-state index contributed by atoms with van der Waals surface area (Å²) in [6.07, 6.45) is 7.84. The molecule has 0 spiro atoms. The fraction of sp³-hybridized carbons (Fsp3) is 0.321. The molecule has 6 aromatic heterocycles. The maximum Gasteiger partial charge on any atom is 0.187 e. The number of hydrogen-bond donors (Lipinski definition) is 0. The van der Waals surface area contributed by atoms with Crippen LogP contribution in [0.5, 0.6) is 11.5 Å². The molecule has 8 aromatic rings. The van der Waals surface area contributed by atoms with E-state index in [9.17, 15) is 16.8 Å². The van der Waals surface area contributed by atoms with Gasteiger partial charge in [0.2, 0.25) is 0 Å². The standard InChI is InChI=1S/2C28H32N6O4S/c2*1-7-14-38-26(27-29-15-18(2)16-30-27)21(5)39(35,36)17-24-32-33-28(22-12-9-11-20(4)31-22)34(24)25-19(3)10-8-13-23(25)37-6/h2*7-13,15-16,21,26H,1,14,17H2,2-6H3/t2*21-,26-/m10/s1. The Balaban J connectivity index is 0.000000226. The molecule has 2 aromatic carbocycles. The summed E-state index contributed by atoms with van der Waals surface area (Å²) >= 11 is 0. The van der Waals surface area contributed by atoms with Crippen LogP contribution in [0.4, 0.5) is 0 Å². The zero-order valence-electron chi connectivity index (χ0n) is 45.4. The maximum atomic E-state index is 13.9. The lowest BCUT2D eigenvalue weighted by atomic mass is 10.1. The Bertz CT molecular complexity index is 3370. The molecule has 0 saturated carbocycles. The minimum Gasteiger partial charge on any atom is -0.495 e. The van der Waals surface area contributed by atoms with Crippen molar-refractivity contribution in [3.05, 3.63) is 180 Å². The van der Waals surface area contributed by atoms with Gasteiger partial charge in [0, 0.05) is 36.2 Å². The second-order valence-corrected chi connectivity index (χ2v) is 23.2. The van der Waals surface area contributed by atoms with Crippen LogP contribution in [0.25, 0.3) is 34.4 Å². The molecule has 20 nitrogen and oxygen atoms in total. The number of pyridine rings is 2.